The van der Waals surface area contributed by atoms with Gasteiger partial charge in [-0.3, -0.25) is 4.79 Å². The fourth-order valence-electron chi connectivity index (χ4n) is 2.76. The summed E-state index contributed by atoms with van der Waals surface area (Å²) in [5, 5.41) is 0.744. The van der Waals surface area contributed by atoms with Crippen LogP contribution in [-0.4, -0.2) is 23.5 Å². The number of benzene rings is 2. The van der Waals surface area contributed by atoms with Gasteiger partial charge in [-0.25, -0.2) is 0 Å². The minimum Gasteiger partial charge on any atom is -0.479 e. The van der Waals surface area contributed by atoms with Crippen molar-refractivity contribution in [1.29, 1.82) is 0 Å². The van der Waals surface area contributed by atoms with Gasteiger partial charge < -0.3 is 9.64 Å². The van der Waals surface area contributed by atoms with Crippen molar-refractivity contribution in [2.24, 2.45) is 0 Å². The molecule has 0 saturated carbocycles. The monoisotopic (exact) mass is 349 g/mol. The van der Waals surface area contributed by atoms with Crippen molar-refractivity contribution in [2.75, 3.05) is 6.54 Å². The maximum atomic E-state index is 12.6. The zero-order chi connectivity index (χ0) is 16.4. The fraction of sp³-hybridized carbons (Fsp3) is 0.278. The molecule has 0 spiro atoms. The number of ether oxygens (including phenoxy) is 1. The molecule has 0 N–H and O–H groups in total. The van der Waals surface area contributed by atoms with E-state index in [2.05, 4.69) is 12.1 Å². The predicted molar refractivity (Wildman–Crippen MR) is 92.1 cm³/mol. The van der Waals surface area contributed by atoms with Crippen molar-refractivity contribution < 1.29 is 9.53 Å². The molecule has 0 bridgehead atoms. The van der Waals surface area contributed by atoms with Gasteiger partial charge in [-0.1, -0.05) is 53.5 Å². The lowest BCUT2D eigenvalue weighted by Gasteiger charge is -2.31. The number of hydrogen-bond acceptors (Lipinski definition) is 2. The van der Waals surface area contributed by atoms with Gasteiger partial charge in [0.05, 0.1) is 5.02 Å². The van der Waals surface area contributed by atoms with Gasteiger partial charge in [0.1, 0.15) is 10.8 Å². The molecule has 1 aliphatic rings. The molecule has 0 radical (unpaired) electrons. The average Bonchev–Trinajstić information content (AvgIpc) is 2.57. The van der Waals surface area contributed by atoms with Crippen LogP contribution in [-0.2, 0) is 17.8 Å². The molecule has 3 rings (SSSR count). The number of hydrogen-bond donors (Lipinski definition) is 0. The maximum Gasteiger partial charge on any atom is 0.263 e. The number of carbonyl (C=O) groups excluding carboxylic acids is 1. The zero-order valence-corrected chi connectivity index (χ0v) is 14.3. The van der Waals surface area contributed by atoms with Crippen LogP contribution in [0.3, 0.4) is 0 Å². The van der Waals surface area contributed by atoms with Gasteiger partial charge in [0.25, 0.3) is 5.91 Å². The second kappa shape index (κ2) is 6.81. The molecule has 1 unspecified atom stereocenters. The van der Waals surface area contributed by atoms with Crippen LogP contribution in [0.2, 0.25) is 10.0 Å². The van der Waals surface area contributed by atoms with Gasteiger partial charge in [0.2, 0.25) is 0 Å². The summed E-state index contributed by atoms with van der Waals surface area (Å²) >= 11 is 12.1. The van der Waals surface area contributed by atoms with E-state index in [1.165, 1.54) is 11.1 Å². The predicted octanol–water partition coefficient (Wildman–Crippen LogP) is 4.35. The van der Waals surface area contributed by atoms with E-state index >= 15 is 0 Å². The zero-order valence-electron chi connectivity index (χ0n) is 12.8. The first-order valence-electron chi connectivity index (χ1n) is 7.52. The summed E-state index contributed by atoms with van der Waals surface area (Å²) in [5.74, 6) is 0.382. The highest BCUT2D eigenvalue weighted by atomic mass is 35.5. The molecular formula is C18H17Cl2NO2. The Hall–Kier alpha value is -1.71. The number of nitrogens with zero attached hydrogens (tertiary/aromatic N) is 1. The molecule has 1 amide bonds. The summed E-state index contributed by atoms with van der Waals surface area (Å²) in [6, 6.07) is 13.4. The van der Waals surface area contributed by atoms with Crippen LogP contribution < -0.4 is 4.74 Å². The molecule has 120 valence electrons. The summed E-state index contributed by atoms with van der Waals surface area (Å²) in [4.78, 5) is 14.5. The molecule has 2 aromatic rings. The second-order valence-corrected chi connectivity index (χ2v) is 6.38. The van der Waals surface area contributed by atoms with Crippen molar-refractivity contribution in [3.8, 4) is 5.75 Å². The summed E-state index contributed by atoms with van der Waals surface area (Å²) in [7, 11) is 0. The molecule has 1 atom stereocenters. The Morgan fingerprint density at radius 1 is 1.13 bits per heavy atom. The van der Waals surface area contributed by atoms with E-state index < -0.39 is 6.10 Å². The molecule has 0 fully saturated rings. The molecule has 1 heterocycles. The molecule has 23 heavy (non-hydrogen) atoms. The van der Waals surface area contributed by atoms with Gasteiger partial charge >= 0.3 is 0 Å². The third-order valence-corrected chi connectivity index (χ3v) is 4.81. The van der Waals surface area contributed by atoms with E-state index in [0.29, 0.717) is 28.9 Å². The Kier molecular flexibility index (Phi) is 4.79. The summed E-state index contributed by atoms with van der Waals surface area (Å²) < 4.78 is 5.72. The van der Waals surface area contributed by atoms with Crippen LogP contribution in [0.25, 0.3) is 0 Å². The highest BCUT2D eigenvalue weighted by molar-refractivity contribution is 6.42. The van der Waals surface area contributed by atoms with Crippen LogP contribution in [0, 0.1) is 0 Å². The van der Waals surface area contributed by atoms with E-state index in [1.807, 2.05) is 17.0 Å². The molecule has 0 saturated heterocycles. The molecule has 3 nitrogen and oxygen atoms in total. The van der Waals surface area contributed by atoms with Crippen LogP contribution in [0.5, 0.6) is 5.75 Å². The van der Waals surface area contributed by atoms with Crippen molar-refractivity contribution >= 4 is 29.1 Å². The lowest BCUT2D eigenvalue weighted by Crippen LogP contribution is -2.43. The average molecular weight is 350 g/mol. The van der Waals surface area contributed by atoms with Crippen LogP contribution >= 0.6 is 23.2 Å². The van der Waals surface area contributed by atoms with E-state index in [4.69, 9.17) is 27.9 Å². The first kappa shape index (κ1) is 16.2. The van der Waals surface area contributed by atoms with Gasteiger partial charge in [-0.05, 0) is 36.6 Å². The van der Waals surface area contributed by atoms with Gasteiger partial charge in [-0.15, -0.1) is 0 Å². The topological polar surface area (TPSA) is 29.5 Å². The quantitative estimate of drug-likeness (QED) is 0.824. The van der Waals surface area contributed by atoms with Gasteiger partial charge in [0.15, 0.2) is 6.10 Å². The molecular weight excluding hydrogens is 333 g/mol. The Morgan fingerprint density at radius 2 is 1.87 bits per heavy atom. The lowest BCUT2D eigenvalue weighted by atomic mass is 9.99. The molecule has 1 aliphatic heterocycles. The SMILES string of the molecule is CC(Oc1cccc(Cl)c1Cl)C(=O)N1CCc2ccccc2C1. The van der Waals surface area contributed by atoms with Crippen molar-refractivity contribution in [1.82, 2.24) is 4.90 Å². The normalized spacial score (nSPS) is 15.0. The maximum absolute atomic E-state index is 12.6. The lowest BCUT2D eigenvalue weighted by molar-refractivity contribution is -0.138. The van der Waals surface area contributed by atoms with Crippen molar-refractivity contribution in [3.63, 3.8) is 0 Å². The molecule has 0 aromatic heterocycles. The summed E-state index contributed by atoms with van der Waals surface area (Å²) in [6.07, 6.45) is 0.253. The minimum atomic E-state index is -0.615. The smallest absolute Gasteiger partial charge is 0.263 e. The Balaban J connectivity index is 1.70. The number of amides is 1. The highest BCUT2D eigenvalue weighted by Gasteiger charge is 2.26. The third kappa shape index (κ3) is 3.46. The van der Waals surface area contributed by atoms with Crippen LogP contribution in [0.1, 0.15) is 18.1 Å². The van der Waals surface area contributed by atoms with Crippen molar-refractivity contribution in [2.45, 2.75) is 26.0 Å². The Bertz CT molecular complexity index is 733. The first-order valence-corrected chi connectivity index (χ1v) is 8.28. The van der Waals surface area contributed by atoms with E-state index in [1.54, 1.807) is 25.1 Å². The Morgan fingerprint density at radius 3 is 2.65 bits per heavy atom. The third-order valence-electron chi connectivity index (χ3n) is 4.01. The fourth-order valence-corrected chi connectivity index (χ4v) is 3.09. The number of rotatable bonds is 3. The van der Waals surface area contributed by atoms with Gasteiger partial charge in [-0.2, -0.15) is 0 Å². The minimum absolute atomic E-state index is 0.0458. The largest absolute Gasteiger partial charge is 0.479 e. The van der Waals surface area contributed by atoms with Crippen LogP contribution in [0.15, 0.2) is 42.5 Å². The molecule has 2 aromatic carbocycles. The summed E-state index contributed by atoms with van der Waals surface area (Å²) in [5.41, 5.74) is 2.50. The first-order chi connectivity index (χ1) is 11.1. The molecule has 5 heteroatoms. The standard InChI is InChI=1S/C18H17Cl2NO2/c1-12(23-16-8-4-7-15(19)17(16)20)18(22)21-10-9-13-5-2-3-6-14(13)11-21/h2-8,12H,9-11H2,1H3. The van der Waals surface area contributed by atoms with Crippen LogP contribution in [0.4, 0.5) is 0 Å². The van der Waals surface area contributed by atoms with Gasteiger partial charge in [0, 0.05) is 13.1 Å². The Labute approximate surface area is 145 Å². The van der Waals surface area contributed by atoms with Crippen molar-refractivity contribution in [3.05, 3.63) is 63.6 Å². The summed E-state index contributed by atoms with van der Waals surface area (Å²) in [6.45, 7) is 3.05. The van der Waals surface area contributed by atoms with E-state index in [-0.39, 0.29) is 5.91 Å². The highest BCUT2D eigenvalue weighted by Crippen LogP contribution is 2.32. The number of fused-ring (bicyclic) bond motifs is 1. The molecule has 0 aliphatic carbocycles. The number of halogens is 2. The second-order valence-electron chi connectivity index (χ2n) is 5.59. The number of carbonyl (C=O) groups is 1. The van der Waals surface area contributed by atoms with E-state index in [0.717, 1.165) is 6.42 Å². The van der Waals surface area contributed by atoms with E-state index in [9.17, 15) is 4.79 Å².